The van der Waals surface area contributed by atoms with Crippen LogP contribution in [0.4, 0.5) is 0 Å². The highest BCUT2D eigenvalue weighted by Gasteiger charge is 2.25. The largest absolute Gasteiger partial charge is 0.497 e. The number of aromatic nitrogens is 2. The fraction of sp³-hybridized carbons (Fsp3) is 0.400. The van der Waals surface area contributed by atoms with Crippen molar-refractivity contribution in [2.45, 2.75) is 25.3 Å². The minimum absolute atomic E-state index is 0.334. The summed E-state index contributed by atoms with van der Waals surface area (Å²) in [4.78, 5) is 7.05. The molecule has 27 heavy (non-hydrogen) atoms. The van der Waals surface area contributed by atoms with Crippen LogP contribution in [0.5, 0.6) is 11.5 Å². The van der Waals surface area contributed by atoms with Crippen LogP contribution in [0.1, 0.15) is 30.2 Å². The van der Waals surface area contributed by atoms with E-state index in [-0.39, 0.29) is 0 Å². The molecular weight excluding hydrogens is 362 g/mol. The molecule has 0 spiro atoms. The summed E-state index contributed by atoms with van der Waals surface area (Å²) in [5.41, 5.74) is 2.22. The Balaban J connectivity index is 1.37. The Labute approximate surface area is 162 Å². The molecule has 0 aliphatic carbocycles. The van der Waals surface area contributed by atoms with Gasteiger partial charge in [0.15, 0.2) is 0 Å². The fourth-order valence-corrected chi connectivity index (χ4v) is 4.10. The Bertz CT molecular complexity index is 848. The number of ether oxygens (including phenoxy) is 2. The third-order valence-electron chi connectivity index (χ3n) is 4.98. The number of benzene rings is 1. The minimum atomic E-state index is 0.334. The maximum Gasteiger partial charge on any atom is 0.230 e. The molecule has 0 atom stereocenters. The average molecular weight is 385 g/mol. The number of piperidine rings is 1. The van der Waals surface area contributed by atoms with Gasteiger partial charge >= 0.3 is 0 Å². The molecule has 1 aliphatic rings. The molecule has 0 unspecified atom stereocenters. The van der Waals surface area contributed by atoms with Gasteiger partial charge in [-0.25, -0.2) is 0 Å². The summed E-state index contributed by atoms with van der Waals surface area (Å²) in [5, 5.41) is 8.20. The van der Waals surface area contributed by atoms with Gasteiger partial charge in [-0.1, -0.05) is 5.16 Å². The van der Waals surface area contributed by atoms with E-state index in [1.165, 1.54) is 5.56 Å². The van der Waals surface area contributed by atoms with Gasteiger partial charge in [-0.2, -0.15) is 16.3 Å². The van der Waals surface area contributed by atoms with E-state index in [9.17, 15) is 0 Å². The highest BCUT2D eigenvalue weighted by atomic mass is 32.1. The summed E-state index contributed by atoms with van der Waals surface area (Å²) in [6.07, 6.45) is 2.04. The SMILES string of the molecule is COc1cc(CN2CCC(c3nc(-c4ccsc4)no3)CC2)cc(OC)c1. The van der Waals surface area contributed by atoms with Crippen LogP contribution >= 0.6 is 11.3 Å². The molecule has 3 aromatic rings. The van der Waals surface area contributed by atoms with E-state index in [1.807, 2.05) is 22.9 Å². The van der Waals surface area contributed by atoms with Crippen LogP contribution in [-0.2, 0) is 6.54 Å². The second-order valence-electron chi connectivity index (χ2n) is 6.74. The van der Waals surface area contributed by atoms with Gasteiger partial charge in [-0.3, -0.25) is 4.90 Å². The zero-order chi connectivity index (χ0) is 18.6. The molecule has 142 valence electrons. The molecule has 0 N–H and O–H groups in total. The lowest BCUT2D eigenvalue weighted by Crippen LogP contribution is -2.32. The summed E-state index contributed by atoms with van der Waals surface area (Å²) < 4.78 is 16.3. The van der Waals surface area contributed by atoms with Crippen molar-refractivity contribution in [3.8, 4) is 22.9 Å². The van der Waals surface area contributed by atoms with Crippen molar-refractivity contribution < 1.29 is 14.0 Å². The Hall–Kier alpha value is -2.38. The van der Waals surface area contributed by atoms with Crippen LogP contribution in [0.15, 0.2) is 39.5 Å². The molecule has 7 heteroatoms. The first-order valence-electron chi connectivity index (χ1n) is 9.05. The van der Waals surface area contributed by atoms with Gasteiger partial charge in [0.25, 0.3) is 0 Å². The number of nitrogens with zero attached hydrogens (tertiary/aromatic N) is 3. The van der Waals surface area contributed by atoms with Gasteiger partial charge in [0.2, 0.25) is 11.7 Å². The van der Waals surface area contributed by atoms with Crippen LogP contribution in [-0.4, -0.2) is 42.3 Å². The Kier molecular flexibility index (Phi) is 5.40. The minimum Gasteiger partial charge on any atom is -0.497 e. The van der Waals surface area contributed by atoms with Crippen LogP contribution < -0.4 is 9.47 Å². The lowest BCUT2D eigenvalue weighted by Gasteiger charge is -2.30. The van der Waals surface area contributed by atoms with Crippen molar-refractivity contribution in [3.05, 3.63) is 46.5 Å². The smallest absolute Gasteiger partial charge is 0.230 e. The van der Waals surface area contributed by atoms with Crippen LogP contribution in [0.2, 0.25) is 0 Å². The van der Waals surface area contributed by atoms with Crippen molar-refractivity contribution in [1.29, 1.82) is 0 Å². The molecule has 3 heterocycles. The van der Waals surface area contributed by atoms with Crippen molar-refractivity contribution in [2.24, 2.45) is 0 Å². The number of likely N-dealkylation sites (tertiary alicyclic amines) is 1. The average Bonchev–Trinajstić information content (AvgIpc) is 3.40. The second-order valence-corrected chi connectivity index (χ2v) is 7.52. The van der Waals surface area contributed by atoms with Crippen molar-refractivity contribution in [1.82, 2.24) is 15.0 Å². The van der Waals surface area contributed by atoms with Gasteiger partial charge in [0.05, 0.1) is 14.2 Å². The van der Waals surface area contributed by atoms with Crippen molar-refractivity contribution in [3.63, 3.8) is 0 Å². The van der Waals surface area contributed by atoms with E-state index >= 15 is 0 Å². The first kappa shape index (κ1) is 18.0. The molecule has 0 saturated carbocycles. The highest BCUT2D eigenvalue weighted by Crippen LogP contribution is 2.30. The number of hydrogen-bond acceptors (Lipinski definition) is 7. The summed E-state index contributed by atoms with van der Waals surface area (Å²) in [6, 6.07) is 8.06. The number of methoxy groups -OCH3 is 2. The molecule has 0 bridgehead atoms. The summed E-state index contributed by atoms with van der Waals surface area (Å²) in [7, 11) is 3.36. The predicted octanol–water partition coefficient (Wildman–Crippen LogP) is 4.19. The molecule has 1 saturated heterocycles. The summed E-state index contributed by atoms with van der Waals surface area (Å²) >= 11 is 1.64. The van der Waals surface area contributed by atoms with Crippen LogP contribution in [0.3, 0.4) is 0 Å². The van der Waals surface area contributed by atoms with E-state index in [0.717, 1.165) is 55.4 Å². The van der Waals surface area contributed by atoms with Gasteiger partial charge in [0.1, 0.15) is 11.5 Å². The van der Waals surface area contributed by atoms with E-state index in [1.54, 1.807) is 25.6 Å². The monoisotopic (exact) mass is 385 g/mol. The standard InChI is InChI=1S/C20H23N3O3S/c1-24-17-9-14(10-18(11-17)25-2)12-23-6-3-15(4-7-23)20-21-19(22-26-20)16-5-8-27-13-16/h5,8-11,13,15H,3-4,6-7,12H2,1-2H3. The zero-order valence-electron chi connectivity index (χ0n) is 15.6. The number of thiophene rings is 1. The Morgan fingerprint density at radius 3 is 2.52 bits per heavy atom. The fourth-order valence-electron chi connectivity index (χ4n) is 3.46. The van der Waals surface area contributed by atoms with Crippen molar-refractivity contribution >= 4 is 11.3 Å². The van der Waals surface area contributed by atoms with Gasteiger partial charge in [0, 0.05) is 29.5 Å². The number of hydrogen-bond donors (Lipinski definition) is 0. The topological polar surface area (TPSA) is 60.6 Å². The molecule has 2 aromatic heterocycles. The zero-order valence-corrected chi connectivity index (χ0v) is 16.4. The normalized spacial score (nSPS) is 15.8. The quantitative estimate of drug-likeness (QED) is 0.634. The lowest BCUT2D eigenvalue weighted by molar-refractivity contribution is 0.187. The first-order chi connectivity index (χ1) is 13.2. The Morgan fingerprint density at radius 2 is 1.89 bits per heavy atom. The van der Waals surface area contributed by atoms with E-state index < -0.39 is 0 Å². The van der Waals surface area contributed by atoms with Gasteiger partial charge in [-0.05, 0) is 55.1 Å². The molecule has 1 aromatic carbocycles. The van der Waals surface area contributed by atoms with Crippen LogP contribution in [0, 0.1) is 0 Å². The summed E-state index contributed by atoms with van der Waals surface area (Å²) in [6.45, 7) is 2.88. The maximum absolute atomic E-state index is 5.53. The molecule has 1 aliphatic heterocycles. The number of rotatable bonds is 6. The predicted molar refractivity (Wildman–Crippen MR) is 104 cm³/mol. The first-order valence-corrected chi connectivity index (χ1v) is 10.00. The molecule has 1 fully saturated rings. The lowest BCUT2D eigenvalue weighted by atomic mass is 9.96. The molecule has 0 amide bonds. The molecular formula is C20H23N3O3S. The maximum atomic E-state index is 5.53. The molecule has 0 radical (unpaired) electrons. The highest BCUT2D eigenvalue weighted by molar-refractivity contribution is 7.08. The third-order valence-corrected chi connectivity index (χ3v) is 5.66. The van der Waals surface area contributed by atoms with Gasteiger partial charge < -0.3 is 14.0 Å². The molecule has 6 nitrogen and oxygen atoms in total. The van der Waals surface area contributed by atoms with Gasteiger partial charge in [-0.15, -0.1) is 0 Å². The van der Waals surface area contributed by atoms with E-state index in [4.69, 9.17) is 14.0 Å². The molecule has 4 rings (SSSR count). The van der Waals surface area contributed by atoms with E-state index in [2.05, 4.69) is 27.2 Å². The van der Waals surface area contributed by atoms with Crippen molar-refractivity contribution in [2.75, 3.05) is 27.3 Å². The second kappa shape index (κ2) is 8.10. The summed E-state index contributed by atoms with van der Waals surface area (Å²) in [5.74, 6) is 3.44. The van der Waals surface area contributed by atoms with Crippen LogP contribution in [0.25, 0.3) is 11.4 Å². The third kappa shape index (κ3) is 4.14. The van der Waals surface area contributed by atoms with E-state index in [0.29, 0.717) is 11.7 Å². The Morgan fingerprint density at radius 1 is 1.15 bits per heavy atom.